The zero-order valence-electron chi connectivity index (χ0n) is 9.57. The van der Waals surface area contributed by atoms with E-state index in [1.165, 1.54) is 0 Å². The molecule has 0 fully saturated rings. The van der Waals surface area contributed by atoms with Crippen LogP contribution >= 0.6 is 0 Å². The largest absolute Gasteiger partial charge is 0.387 e. The van der Waals surface area contributed by atoms with Crippen LogP contribution < -0.4 is 5.73 Å². The normalized spacial score (nSPS) is 13.6. The summed E-state index contributed by atoms with van der Waals surface area (Å²) in [6, 6.07) is 5.73. The highest BCUT2D eigenvalue weighted by Crippen LogP contribution is 2.24. The van der Waals surface area contributed by atoms with Crippen LogP contribution in [0.4, 0.5) is 0 Å². The summed E-state index contributed by atoms with van der Waals surface area (Å²) in [4.78, 5) is 7.76. The molecular weight excluding hydrogens is 202 g/mol. The van der Waals surface area contributed by atoms with E-state index in [-0.39, 0.29) is 6.54 Å². The van der Waals surface area contributed by atoms with Gasteiger partial charge in [0.2, 0.25) is 0 Å². The number of nitrogens with zero attached hydrogens (tertiary/aromatic N) is 1. The molecule has 4 nitrogen and oxygen atoms in total. The van der Waals surface area contributed by atoms with Crippen molar-refractivity contribution in [1.82, 2.24) is 9.97 Å². The molecule has 0 spiro atoms. The first-order valence-corrected chi connectivity index (χ1v) is 5.50. The summed E-state index contributed by atoms with van der Waals surface area (Å²) >= 11 is 0. The third-order valence-electron chi connectivity index (χ3n) is 2.69. The SMILES string of the molecule is CC(C)c1nc2c(C(O)CN)cccc2[nH]1. The maximum absolute atomic E-state index is 9.80. The summed E-state index contributed by atoms with van der Waals surface area (Å²) in [5.41, 5.74) is 8.04. The lowest BCUT2D eigenvalue weighted by Gasteiger charge is -2.07. The fraction of sp³-hybridized carbons (Fsp3) is 0.417. The Hall–Kier alpha value is -1.39. The van der Waals surface area contributed by atoms with Gasteiger partial charge in [0.25, 0.3) is 0 Å². The first-order chi connectivity index (χ1) is 7.63. The number of aromatic amines is 1. The van der Waals surface area contributed by atoms with Crippen molar-refractivity contribution in [2.45, 2.75) is 25.9 Å². The molecule has 16 heavy (non-hydrogen) atoms. The molecule has 0 amide bonds. The quantitative estimate of drug-likeness (QED) is 0.735. The van der Waals surface area contributed by atoms with E-state index < -0.39 is 6.10 Å². The van der Waals surface area contributed by atoms with Crippen LogP contribution in [0.2, 0.25) is 0 Å². The number of H-pyrrole nitrogens is 1. The molecule has 1 aromatic carbocycles. The van der Waals surface area contributed by atoms with E-state index in [1.54, 1.807) is 0 Å². The van der Waals surface area contributed by atoms with E-state index in [0.29, 0.717) is 5.92 Å². The van der Waals surface area contributed by atoms with Crippen molar-refractivity contribution in [2.24, 2.45) is 5.73 Å². The van der Waals surface area contributed by atoms with Gasteiger partial charge in [-0.25, -0.2) is 4.98 Å². The van der Waals surface area contributed by atoms with Gasteiger partial charge in [-0.05, 0) is 6.07 Å². The number of benzene rings is 1. The molecule has 0 saturated carbocycles. The number of aliphatic hydroxyl groups excluding tert-OH is 1. The highest BCUT2D eigenvalue weighted by molar-refractivity contribution is 5.79. The predicted molar refractivity (Wildman–Crippen MR) is 64.2 cm³/mol. The zero-order chi connectivity index (χ0) is 11.7. The number of hydrogen-bond acceptors (Lipinski definition) is 3. The second-order valence-corrected chi connectivity index (χ2v) is 4.27. The molecule has 0 radical (unpaired) electrons. The van der Waals surface area contributed by atoms with Gasteiger partial charge in [0, 0.05) is 18.0 Å². The smallest absolute Gasteiger partial charge is 0.109 e. The number of nitrogens with one attached hydrogen (secondary N) is 1. The van der Waals surface area contributed by atoms with Crippen LogP contribution in [0.15, 0.2) is 18.2 Å². The molecule has 0 aliphatic rings. The van der Waals surface area contributed by atoms with E-state index in [0.717, 1.165) is 22.4 Å². The fourth-order valence-corrected chi connectivity index (χ4v) is 1.74. The molecule has 4 heteroatoms. The third-order valence-corrected chi connectivity index (χ3v) is 2.69. The summed E-state index contributed by atoms with van der Waals surface area (Å²) in [7, 11) is 0. The molecule has 2 rings (SSSR count). The summed E-state index contributed by atoms with van der Waals surface area (Å²) in [5, 5.41) is 9.80. The minimum Gasteiger partial charge on any atom is -0.387 e. The number of fused-ring (bicyclic) bond motifs is 1. The predicted octanol–water partition coefficient (Wildman–Crippen LogP) is 1.68. The van der Waals surface area contributed by atoms with Crippen molar-refractivity contribution in [3.63, 3.8) is 0 Å². The Labute approximate surface area is 94.5 Å². The van der Waals surface area contributed by atoms with Crippen molar-refractivity contribution in [3.05, 3.63) is 29.6 Å². The van der Waals surface area contributed by atoms with Crippen LogP contribution in [0.3, 0.4) is 0 Å². The monoisotopic (exact) mass is 219 g/mol. The van der Waals surface area contributed by atoms with E-state index in [4.69, 9.17) is 5.73 Å². The van der Waals surface area contributed by atoms with Crippen LogP contribution in [0.25, 0.3) is 11.0 Å². The number of aliphatic hydroxyl groups is 1. The molecule has 0 aliphatic heterocycles. The Bertz CT molecular complexity index is 490. The van der Waals surface area contributed by atoms with Gasteiger partial charge in [-0.2, -0.15) is 0 Å². The van der Waals surface area contributed by atoms with E-state index in [9.17, 15) is 5.11 Å². The molecule has 1 aromatic heterocycles. The van der Waals surface area contributed by atoms with Crippen molar-refractivity contribution >= 4 is 11.0 Å². The molecule has 2 aromatic rings. The topological polar surface area (TPSA) is 74.9 Å². The first kappa shape index (κ1) is 11.1. The Morgan fingerprint density at radius 3 is 2.81 bits per heavy atom. The van der Waals surface area contributed by atoms with Crippen LogP contribution in [-0.4, -0.2) is 21.6 Å². The molecule has 0 saturated heterocycles. The van der Waals surface area contributed by atoms with Gasteiger partial charge in [0.1, 0.15) is 5.82 Å². The molecule has 4 N–H and O–H groups in total. The van der Waals surface area contributed by atoms with Crippen LogP contribution in [0.5, 0.6) is 0 Å². The number of imidazole rings is 1. The highest BCUT2D eigenvalue weighted by Gasteiger charge is 2.13. The second-order valence-electron chi connectivity index (χ2n) is 4.27. The number of aromatic nitrogens is 2. The van der Waals surface area contributed by atoms with Crippen molar-refractivity contribution in [3.8, 4) is 0 Å². The van der Waals surface area contributed by atoms with Crippen molar-refractivity contribution < 1.29 is 5.11 Å². The van der Waals surface area contributed by atoms with Crippen molar-refractivity contribution in [1.29, 1.82) is 0 Å². The van der Waals surface area contributed by atoms with Gasteiger partial charge >= 0.3 is 0 Å². The van der Waals surface area contributed by atoms with Crippen molar-refractivity contribution in [2.75, 3.05) is 6.54 Å². The average Bonchev–Trinajstić information content (AvgIpc) is 2.71. The fourth-order valence-electron chi connectivity index (χ4n) is 1.74. The maximum Gasteiger partial charge on any atom is 0.109 e. The Kier molecular flexibility index (Phi) is 2.94. The lowest BCUT2D eigenvalue weighted by Crippen LogP contribution is -2.11. The highest BCUT2D eigenvalue weighted by atomic mass is 16.3. The molecular formula is C12H17N3O. The van der Waals surface area contributed by atoms with E-state index >= 15 is 0 Å². The van der Waals surface area contributed by atoms with Crippen LogP contribution in [0, 0.1) is 0 Å². The van der Waals surface area contributed by atoms with Gasteiger partial charge in [-0.1, -0.05) is 26.0 Å². The molecule has 86 valence electrons. The number of nitrogens with two attached hydrogens (primary N) is 1. The molecule has 0 bridgehead atoms. The summed E-state index contributed by atoms with van der Waals surface area (Å²) in [6.45, 7) is 4.37. The van der Waals surface area contributed by atoms with Crippen LogP contribution in [0.1, 0.15) is 37.3 Å². The average molecular weight is 219 g/mol. The summed E-state index contributed by atoms with van der Waals surface area (Å²) < 4.78 is 0. The third kappa shape index (κ3) is 1.81. The molecule has 0 aliphatic carbocycles. The number of para-hydroxylation sites is 1. The van der Waals surface area contributed by atoms with E-state index in [1.807, 2.05) is 18.2 Å². The molecule has 1 unspecified atom stereocenters. The molecule has 1 atom stereocenters. The Morgan fingerprint density at radius 2 is 2.19 bits per heavy atom. The van der Waals surface area contributed by atoms with E-state index in [2.05, 4.69) is 23.8 Å². The van der Waals surface area contributed by atoms with Gasteiger partial charge < -0.3 is 15.8 Å². The minimum absolute atomic E-state index is 0.211. The van der Waals surface area contributed by atoms with Gasteiger partial charge in [0.05, 0.1) is 17.1 Å². The first-order valence-electron chi connectivity index (χ1n) is 5.50. The van der Waals surface area contributed by atoms with Gasteiger partial charge in [-0.15, -0.1) is 0 Å². The Balaban J connectivity index is 2.58. The lowest BCUT2D eigenvalue weighted by molar-refractivity contribution is 0.188. The second kappa shape index (κ2) is 4.23. The number of hydrogen-bond donors (Lipinski definition) is 3. The standard InChI is InChI=1S/C12H17N3O/c1-7(2)12-14-9-5-3-4-8(10(16)6-13)11(9)15-12/h3-5,7,10,16H,6,13H2,1-2H3,(H,14,15). The summed E-state index contributed by atoms with van der Waals surface area (Å²) in [5.74, 6) is 1.28. The van der Waals surface area contributed by atoms with Gasteiger partial charge in [-0.3, -0.25) is 0 Å². The molecule has 1 heterocycles. The zero-order valence-corrected chi connectivity index (χ0v) is 9.57. The lowest BCUT2D eigenvalue weighted by atomic mass is 10.1. The maximum atomic E-state index is 9.80. The minimum atomic E-state index is -0.646. The van der Waals surface area contributed by atoms with Gasteiger partial charge in [0.15, 0.2) is 0 Å². The van der Waals surface area contributed by atoms with Crippen LogP contribution in [-0.2, 0) is 0 Å². The number of rotatable bonds is 3. The Morgan fingerprint density at radius 1 is 1.44 bits per heavy atom. The summed E-state index contributed by atoms with van der Waals surface area (Å²) in [6.07, 6.45) is -0.646.